The fourth-order valence-corrected chi connectivity index (χ4v) is 4.27. The number of rotatable bonds is 21. The van der Waals surface area contributed by atoms with E-state index < -0.39 is 23.9 Å². The topological polar surface area (TPSA) is 124 Å². The second-order valence-corrected chi connectivity index (χ2v) is 11.4. The number of carbonyl (C=O) groups is 4. The Labute approximate surface area is 312 Å². The van der Waals surface area contributed by atoms with Gasteiger partial charge in [0.05, 0.1) is 13.2 Å². The monoisotopic (exact) mass is 726 g/mol. The molecule has 0 saturated heterocycles. The first-order chi connectivity index (χ1) is 25.7. The molecule has 0 heterocycles. The fourth-order valence-electron chi connectivity index (χ4n) is 4.27. The highest BCUT2D eigenvalue weighted by Gasteiger charge is 2.08. The number of ether oxygens (including phenoxy) is 6. The second-order valence-electron chi connectivity index (χ2n) is 11.4. The van der Waals surface area contributed by atoms with Gasteiger partial charge in [-0.1, -0.05) is 51.3 Å². The van der Waals surface area contributed by atoms with Crippen LogP contribution in [0.25, 0.3) is 12.2 Å². The van der Waals surface area contributed by atoms with E-state index in [4.69, 9.17) is 28.4 Å². The van der Waals surface area contributed by atoms with Crippen LogP contribution in [0.4, 0.5) is 0 Å². The molecule has 0 amide bonds. The number of esters is 4. The molecule has 0 aliphatic heterocycles. The van der Waals surface area contributed by atoms with Crippen molar-refractivity contribution in [1.29, 1.82) is 0 Å². The number of unbranched alkanes of at least 4 members (excludes halogenated alkanes) is 3. The van der Waals surface area contributed by atoms with Crippen LogP contribution >= 0.6 is 0 Å². The lowest BCUT2D eigenvalue weighted by Gasteiger charge is -2.08. The van der Waals surface area contributed by atoms with Crippen LogP contribution in [-0.2, 0) is 28.7 Å². The third kappa shape index (κ3) is 19.4. The minimum Gasteiger partial charge on any atom is -0.494 e. The number of benzene rings is 3. The van der Waals surface area contributed by atoms with E-state index in [9.17, 15) is 19.2 Å². The summed E-state index contributed by atoms with van der Waals surface area (Å²) >= 11 is 0. The minimum absolute atomic E-state index is 0.307. The van der Waals surface area contributed by atoms with Crippen molar-refractivity contribution in [3.63, 3.8) is 0 Å². The van der Waals surface area contributed by atoms with Crippen LogP contribution in [0, 0.1) is 6.92 Å². The van der Waals surface area contributed by atoms with Gasteiger partial charge in [0.2, 0.25) is 0 Å². The molecule has 0 fully saturated rings. The van der Waals surface area contributed by atoms with Gasteiger partial charge < -0.3 is 28.4 Å². The first-order valence-corrected chi connectivity index (χ1v) is 17.6. The summed E-state index contributed by atoms with van der Waals surface area (Å²) in [5.41, 5.74) is 2.11. The predicted molar refractivity (Wildman–Crippen MR) is 206 cm³/mol. The Hall–Kier alpha value is -5.74. The lowest BCUT2D eigenvalue weighted by Crippen LogP contribution is -2.06. The van der Waals surface area contributed by atoms with Gasteiger partial charge >= 0.3 is 23.9 Å². The number of hydrogen-bond donors (Lipinski definition) is 0. The summed E-state index contributed by atoms with van der Waals surface area (Å²) in [4.78, 5) is 46.9. The summed E-state index contributed by atoms with van der Waals surface area (Å²) in [7, 11) is 0. The molecule has 282 valence electrons. The number of aryl methyl sites for hydroxylation is 1. The molecule has 10 nitrogen and oxygen atoms in total. The van der Waals surface area contributed by atoms with E-state index >= 15 is 0 Å². The van der Waals surface area contributed by atoms with Crippen molar-refractivity contribution in [2.45, 2.75) is 59.3 Å². The van der Waals surface area contributed by atoms with Gasteiger partial charge in [-0.25, -0.2) is 19.2 Å². The second kappa shape index (κ2) is 26.1. The highest BCUT2D eigenvalue weighted by molar-refractivity contribution is 5.90. The molecular weight excluding hydrogens is 676 g/mol. The normalized spacial score (nSPS) is 10.5. The van der Waals surface area contributed by atoms with Crippen molar-refractivity contribution in [3.05, 3.63) is 121 Å². The Morgan fingerprint density at radius 1 is 0.566 bits per heavy atom. The van der Waals surface area contributed by atoms with Crippen molar-refractivity contribution in [3.8, 4) is 23.0 Å². The van der Waals surface area contributed by atoms with Crippen molar-refractivity contribution < 1.29 is 47.6 Å². The van der Waals surface area contributed by atoms with E-state index in [-0.39, 0.29) is 0 Å². The summed E-state index contributed by atoms with van der Waals surface area (Å²) in [6.45, 7) is 15.5. The Kier molecular flexibility index (Phi) is 21.4. The molecule has 3 aromatic carbocycles. The zero-order valence-electron chi connectivity index (χ0n) is 30.9. The summed E-state index contributed by atoms with van der Waals surface area (Å²) in [5, 5.41) is 0. The van der Waals surface area contributed by atoms with Crippen LogP contribution in [0.1, 0.15) is 69.1 Å². The molecular formula is C43H50O10. The summed E-state index contributed by atoms with van der Waals surface area (Å²) < 4.78 is 31.6. The minimum atomic E-state index is -0.588. The van der Waals surface area contributed by atoms with Crippen LogP contribution in [0.15, 0.2) is 104 Å². The average Bonchev–Trinajstić information content (AvgIpc) is 3.16. The number of carbonyl (C=O) groups excluding carboxylic acids is 4. The molecule has 0 spiro atoms. The van der Waals surface area contributed by atoms with Gasteiger partial charge in [0.15, 0.2) is 0 Å². The van der Waals surface area contributed by atoms with Gasteiger partial charge in [-0.3, -0.25) is 0 Å². The fraction of sp³-hybridized carbons (Fsp3) is 0.302. The van der Waals surface area contributed by atoms with Gasteiger partial charge in [-0.05, 0) is 117 Å². The van der Waals surface area contributed by atoms with E-state index in [1.165, 1.54) is 18.2 Å². The van der Waals surface area contributed by atoms with Crippen LogP contribution in [-0.4, -0.2) is 50.3 Å². The van der Waals surface area contributed by atoms with Gasteiger partial charge in [0.1, 0.15) is 23.0 Å². The van der Waals surface area contributed by atoms with Crippen LogP contribution in [0.2, 0.25) is 0 Å². The summed E-state index contributed by atoms with van der Waals surface area (Å²) in [5.74, 6) is -0.383. The molecule has 3 aromatic rings. The van der Waals surface area contributed by atoms with E-state index in [2.05, 4.69) is 27.0 Å². The van der Waals surface area contributed by atoms with Gasteiger partial charge in [-0.2, -0.15) is 0 Å². The first kappa shape index (κ1) is 43.4. The largest absolute Gasteiger partial charge is 0.494 e. The Morgan fingerprint density at radius 3 is 1.62 bits per heavy atom. The third-order valence-electron chi connectivity index (χ3n) is 6.96. The molecule has 0 aliphatic rings. The Bertz CT molecular complexity index is 1650. The maximum absolute atomic E-state index is 12.4. The van der Waals surface area contributed by atoms with Crippen molar-refractivity contribution in [2.24, 2.45) is 0 Å². The van der Waals surface area contributed by atoms with Gasteiger partial charge in [0, 0.05) is 37.5 Å². The van der Waals surface area contributed by atoms with Crippen LogP contribution in [0.5, 0.6) is 23.0 Å². The van der Waals surface area contributed by atoms with Crippen molar-refractivity contribution >= 4 is 36.0 Å². The average molecular weight is 727 g/mol. The smallest absolute Gasteiger partial charge is 0.336 e. The van der Waals surface area contributed by atoms with E-state index in [1.807, 2.05) is 24.3 Å². The highest BCUT2D eigenvalue weighted by Crippen LogP contribution is 2.24. The van der Waals surface area contributed by atoms with Crippen molar-refractivity contribution in [2.75, 3.05) is 26.4 Å². The molecule has 0 bridgehead atoms. The Balaban J connectivity index is 0.00000126. The molecule has 0 saturated carbocycles. The quantitative estimate of drug-likeness (QED) is 0.0455. The molecule has 3 rings (SSSR count). The molecule has 0 N–H and O–H groups in total. The van der Waals surface area contributed by atoms with E-state index in [0.29, 0.717) is 41.6 Å². The van der Waals surface area contributed by atoms with Gasteiger partial charge in [0.25, 0.3) is 0 Å². The zero-order chi connectivity index (χ0) is 38.7. The molecule has 0 unspecified atom stereocenters. The zero-order valence-corrected chi connectivity index (χ0v) is 30.9. The van der Waals surface area contributed by atoms with Crippen molar-refractivity contribution in [1.82, 2.24) is 0 Å². The SMILES string of the molecule is C=CC(=O)OCCCCCCOc1ccc(/C=C/C(=O)Oc2ccc(OC(=O)/C=C/c3ccc(OC(=O)C=C)cc3)c(C)c2)cc1.CCCOCCC. The summed E-state index contributed by atoms with van der Waals surface area (Å²) in [6, 6.07) is 18.6. The van der Waals surface area contributed by atoms with E-state index in [0.717, 1.165) is 75.2 Å². The molecule has 0 aliphatic carbocycles. The standard InChI is InChI=1S/C37H36O9.C6H14O/c1-4-34(38)43-25-9-7-6-8-24-42-30-16-10-28(11-17-30)14-22-36(40)45-32-20-21-33(27(3)26-32)46-37(41)23-15-29-12-18-31(19-13-29)44-35(39)5-2;1-3-5-7-6-4-2/h4-5,10-23,26H,1-2,6-9,24-25H2,3H3;3-6H2,1-2H3/b22-14+,23-15+;. The number of hydrogen-bond acceptors (Lipinski definition) is 10. The molecule has 0 aromatic heterocycles. The molecule has 0 atom stereocenters. The maximum atomic E-state index is 12.4. The first-order valence-electron chi connectivity index (χ1n) is 17.6. The van der Waals surface area contributed by atoms with Crippen LogP contribution in [0.3, 0.4) is 0 Å². The van der Waals surface area contributed by atoms with Gasteiger partial charge in [-0.15, -0.1) is 0 Å². The molecule has 53 heavy (non-hydrogen) atoms. The lowest BCUT2D eigenvalue weighted by molar-refractivity contribution is -0.138. The predicted octanol–water partition coefficient (Wildman–Crippen LogP) is 8.82. The molecule has 10 heteroatoms. The third-order valence-corrected chi connectivity index (χ3v) is 6.96. The highest BCUT2D eigenvalue weighted by atomic mass is 16.5. The summed E-state index contributed by atoms with van der Waals surface area (Å²) in [6.07, 6.45) is 13.9. The Morgan fingerprint density at radius 2 is 1.08 bits per heavy atom. The van der Waals surface area contributed by atoms with E-state index in [1.54, 1.807) is 55.5 Å². The lowest BCUT2D eigenvalue weighted by atomic mass is 10.2. The maximum Gasteiger partial charge on any atom is 0.336 e. The molecule has 0 radical (unpaired) electrons. The van der Waals surface area contributed by atoms with Crippen LogP contribution < -0.4 is 18.9 Å².